The Kier molecular flexibility index (Phi) is 3.22. The molecule has 3 rings (SSSR count). The lowest BCUT2D eigenvalue weighted by Gasteiger charge is -2.37. The fourth-order valence-corrected chi connectivity index (χ4v) is 2.46. The summed E-state index contributed by atoms with van der Waals surface area (Å²) >= 11 is 6.00. The maximum atomic E-state index is 13.8. The Labute approximate surface area is 121 Å². The molecule has 0 bridgehead atoms. The predicted octanol–water partition coefficient (Wildman–Crippen LogP) is 2.87. The third-order valence-electron chi connectivity index (χ3n) is 3.36. The summed E-state index contributed by atoms with van der Waals surface area (Å²) in [6.45, 7) is 2.98. The van der Waals surface area contributed by atoms with Crippen molar-refractivity contribution in [3.05, 3.63) is 40.8 Å². The molecule has 2 heterocycles. The van der Waals surface area contributed by atoms with Gasteiger partial charge in [-0.25, -0.2) is 4.90 Å². The molecule has 104 valence electrons. The van der Waals surface area contributed by atoms with Crippen LogP contribution in [0.5, 0.6) is 0 Å². The molecule has 0 saturated carbocycles. The van der Waals surface area contributed by atoms with Crippen molar-refractivity contribution in [2.24, 2.45) is 4.99 Å². The minimum atomic E-state index is -0.546. The highest BCUT2D eigenvalue weighted by Crippen LogP contribution is 2.28. The third-order valence-corrected chi connectivity index (χ3v) is 3.78. The Morgan fingerprint density at radius 3 is 2.95 bits per heavy atom. The Bertz CT molecular complexity index is 641. The van der Waals surface area contributed by atoms with Crippen molar-refractivity contribution < 1.29 is 9.18 Å². The largest absolute Gasteiger partial charge is 0.288 e. The van der Waals surface area contributed by atoms with Gasteiger partial charge in [0.2, 0.25) is 11.9 Å². The fraction of sp³-hybridized carbons (Fsp3) is 0.286. The van der Waals surface area contributed by atoms with E-state index in [1.807, 2.05) is 6.92 Å². The van der Waals surface area contributed by atoms with Gasteiger partial charge < -0.3 is 0 Å². The van der Waals surface area contributed by atoms with Crippen molar-refractivity contribution in [3.8, 4) is 0 Å². The first-order valence-corrected chi connectivity index (χ1v) is 6.75. The highest BCUT2D eigenvalue weighted by Gasteiger charge is 2.34. The number of fused-ring (bicyclic) bond motifs is 1. The summed E-state index contributed by atoms with van der Waals surface area (Å²) in [7, 11) is 0. The van der Waals surface area contributed by atoms with E-state index in [9.17, 15) is 9.18 Å². The second kappa shape index (κ2) is 4.90. The lowest BCUT2D eigenvalue weighted by atomic mass is 10.2. The molecule has 2 aliphatic heterocycles. The zero-order valence-electron chi connectivity index (χ0n) is 10.9. The molecule has 1 amide bonds. The van der Waals surface area contributed by atoms with Crippen LogP contribution in [0.1, 0.15) is 12.0 Å². The number of anilines is 1. The summed E-state index contributed by atoms with van der Waals surface area (Å²) in [5, 5.41) is 0.627. The summed E-state index contributed by atoms with van der Waals surface area (Å²) in [5.74, 6) is -0.625. The van der Waals surface area contributed by atoms with Crippen molar-refractivity contribution in [1.82, 2.24) is 4.90 Å². The first-order valence-electron chi connectivity index (χ1n) is 6.37. The van der Waals surface area contributed by atoms with E-state index in [0.717, 1.165) is 18.1 Å². The van der Waals surface area contributed by atoms with Crippen LogP contribution in [0.4, 0.5) is 10.1 Å². The number of benzene rings is 1. The van der Waals surface area contributed by atoms with Crippen LogP contribution >= 0.6 is 11.6 Å². The minimum Gasteiger partial charge on any atom is -0.288 e. The van der Waals surface area contributed by atoms with Gasteiger partial charge in [-0.1, -0.05) is 11.6 Å². The zero-order chi connectivity index (χ0) is 14.3. The number of amides is 1. The quantitative estimate of drug-likeness (QED) is 0.747. The number of carbonyl (C=O) groups is 1. The number of guanidine groups is 1. The average Bonchev–Trinajstić information content (AvgIpc) is 2.43. The van der Waals surface area contributed by atoms with Crippen molar-refractivity contribution in [1.29, 1.82) is 0 Å². The van der Waals surface area contributed by atoms with Crippen LogP contribution in [-0.4, -0.2) is 29.9 Å². The van der Waals surface area contributed by atoms with Crippen molar-refractivity contribution in [3.63, 3.8) is 0 Å². The Balaban J connectivity index is 2.09. The van der Waals surface area contributed by atoms with Crippen LogP contribution in [0.3, 0.4) is 0 Å². The average molecular weight is 294 g/mol. The van der Waals surface area contributed by atoms with Gasteiger partial charge >= 0.3 is 0 Å². The number of aliphatic imine (C=N–C) groups is 1. The fourth-order valence-electron chi connectivity index (χ4n) is 2.34. The van der Waals surface area contributed by atoms with Crippen molar-refractivity contribution in [2.75, 3.05) is 18.0 Å². The van der Waals surface area contributed by atoms with E-state index in [1.165, 1.54) is 9.80 Å². The molecule has 0 aliphatic carbocycles. The first kappa shape index (κ1) is 13.1. The SMILES string of the molecule is Cc1cc(N2C(=O)C=C(F)N3CCCN=C32)ccc1Cl. The molecule has 0 N–H and O–H groups in total. The van der Waals surface area contributed by atoms with Gasteiger partial charge in [-0.3, -0.25) is 14.7 Å². The molecule has 0 unspecified atom stereocenters. The molecular weight excluding hydrogens is 281 g/mol. The smallest absolute Gasteiger partial charge is 0.262 e. The molecule has 0 spiro atoms. The normalized spacial score (nSPS) is 18.6. The number of rotatable bonds is 1. The van der Waals surface area contributed by atoms with Gasteiger partial charge in [-0.15, -0.1) is 0 Å². The van der Waals surface area contributed by atoms with Crippen LogP contribution in [0, 0.1) is 6.92 Å². The van der Waals surface area contributed by atoms with Gasteiger partial charge in [0.25, 0.3) is 5.91 Å². The molecule has 6 heteroatoms. The summed E-state index contributed by atoms with van der Waals surface area (Å²) in [6.07, 6.45) is 1.76. The molecule has 0 radical (unpaired) electrons. The molecule has 0 atom stereocenters. The van der Waals surface area contributed by atoms with E-state index in [1.54, 1.807) is 18.2 Å². The van der Waals surface area contributed by atoms with Gasteiger partial charge in [0, 0.05) is 18.1 Å². The number of halogens is 2. The lowest BCUT2D eigenvalue weighted by molar-refractivity contribution is -0.113. The Morgan fingerprint density at radius 1 is 1.40 bits per heavy atom. The second-order valence-electron chi connectivity index (χ2n) is 4.76. The maximum Gasteiger partial charge on any atom is 0.262 e. The van der Waals surface area contributed by atoms with E-state index in [-0.39, 0.29) is 0 Å². The molecule has 20 heavy (non-hydrogen) atoms. The number of hydrogen-bond acceptors (Lipinski definition) is 3. The topological polar surface area (TPSA) is 35.9 Å². The van der Waals surface area contributed by atoms with Crippen LogP contribution in [-0.2, 0) is 4.79 Å². The van der Waals surface area contributed by atoms with Crippen LogP contribution in [0.25, 0.3) is 0 Å². The number of hydrogen-bond donors (Lipinski definition) is 0. The molecule has 0 saturated heterocycles. The van der Waals surface area contributed by atoms with Crippen LogP contribution in [0.2, 0.25) is 5.02 Å². The third kappa shape index (κ3) is 2.08. The van der Waals surface area contributed by atoms with E-state index in [4.69, 9.17) is 11.6 Å². The van der Waals surface area contributed by atoms with Gasteiger partial charge in [0.15, 0.2) is 0 Å². The molecule has 0 fully saturated rings. The maximum absolute atomic E-state index is 13.8. The predicted molar refractivity (Wildman–Crippen MR) is 76.5 cm³/mol. The van der Waals surface area contributed by atoms with Crippen LogP contribution < -0.4 is 4.90 Å². The summed E-state index contributed by atoms with van der Waals surface area (Å²) in [6, 6.07) is 5.26. The monoisotopic (exact) mass is 293 g/mol. The van der Waals surface area contributed by atoms with Gasteiger partial charge in [-0.05, 0) is 37.1 Å². The first-order chi connectivity index (χ1) is 9.58. The minimum absolute atomic E-state index is 0.350. The van der Waals surface area contributed by atoms with E-state index in [2.05, 4.69) is 4.99 Å². The van der Waals surface area contributed by atoms with Gasteiger partial charge in [0.1, 0.15) is 0 Å². The van der Waals surface area contributed by atoms with E-state index < -0.39 is 11.9 Å². The standard InChI is InChI=1S/C14H13ClFN3O/c1-9-7-10(3-4-11(9)15)19-13(20)8-12(16)18-6-2-5-17-14(18)19/h3-4,7-8H,2,5-6H2,1H3. The van der Waals surface area contributed by atoms with E-state index in [0.29, 0.717) is 29.8 Å². The molecule has 1 aromatic rings. The highest BCUT2D eigenvalue weighted by atomic mass is 35.5. The molecule has 1 aromatic carbocycles. The summed E-state index contributed by atoms with van der Waals surface area (Å²) < 4.78 is 13.8. The van der Waals surface area contributed by atoms with Crippen molar-refractivity contribution >= 4 is 29.2 Å². The second-order valence-corrected chi connectivity index (χ2v) is 5.17. The van der Waals surface area contributed by atoms with Crippen molar-refractivity contribution in [2.45, 2.75) is 13.3 Å². The van der Waals surface area contributed by atoms with Crippen LogP contribution in [0.15, 0.2) is 35.2 Å². The highest BCUT2D eigenvalue weighted by molar-refractivity contribution is 6.31. The Morgan fingerprint density at radius 2 is 2.20 bits per heavy atom. The molecule has 4 nitrogen and oxygen atoms in total. The number of nitrogens with zero attached hydrogens (tertiary/aromatic N) is 3. The lowest BCUT2D eigenvalue weighted by Crippen LogP contribution is -2.52. The Hall–Kier alpha value is -1.88. The van der Waals surface area contributed by atoms with Gasteiger partial charge in [0.05, 0.1) is 11.8 Å². The number of carbonyl (C=O) groups excluding carboxylic acids is 1. The molecule has 0 aromatic heterocycles. The molecular formula is C14H13ClFN3O. The van der Waals surface area contributed by atoms with E-state index >= 15 is 0 Å². The summed E-state index contributed by atoms with van der Waals surface area (Å²) in [5.41, 5.74) is 1.50. The zero-order valence-corrected chi connectivity index (χ0v) is 11.7. The summed E-state index contributed by atoms with van der Waals surface area (Å²) in [4.78, 5) is 19.3. The molecule has 2 aliphatic rings. The number of aryl methyl sites for hydroxylation is 1. The van der Waals surface area contributed by atoms with Gasteiger partial charge in [-0.2, -0.15) is 4.39 Å².